The molecular weight excluding hydrogens is 398 g/mol. The fraction of sp³-hybridized carbons (Fsp3) is 0.542. The van der Waals surface area contributed by atoms with Gasteiger partial charge in [0.05, 0.1) is 19.0 Å². The van der Waals surface area contributed by atoms with Gasteiger partial charge in [-0.1, -0.05) is 31.4 Å². The summed E-state index contributed by atoms with van der Waals surface area (Å²) >= 11 is 0. The predicted molar refractivity (Wildman–Crippen MR) is 116 cm³/mol. The number of carbonyl (C=O) groups is 1. The zero-order valence-electron chi connectivity index (χ0n) is 18.8. The van der Waals surface area contributed by atoms with E-state index in [1.165, 1.54) is 31.6 Å². The molecular formula is C24H31NO4S. The van der Waals surface area contributed by atoms with Crippen molar-refractivity contribution in [1.29, 1.82) is 4.78 Å². The molecule has 2 aliphatic carbocycles. The molecule has 0 bridgehead atoms. The summed E-state index contributed by atoms with van der Waals surface area (Å²) in [5, 5.41) is 10.0. The molecule has 5 nitrogen and oxygen atoms in total. The topological polar surface area (TPSA) is 91.4 Å². The number of fused-ring (bicyclic) bond motifs is 1. The molecule has 162 valence electrons. The Balaban J connectivity index is 1.57. The summed E-state index contributed by atoms with van der Waals surface area (Å²) in [4.78, 5) is 13.0. The van der Waals surface area contributed by atoms with Crippen LogP contribution in [-0.2, 0) is 45.8 Å². The van der Waals surface area contributed by atoms with E-state index in [1.807, 2.05) is 6.07 Å². The molecule has 1 fully saturated rings. The first-order valence-electron chi connectivity index (χ1n) is 11.3. The Bertz CT molecular complexity index is 1110. The number of benzene rings is 1. The molecule has 4 rings (SSSR count). The molecule has 0 spiro atoms. The summed E-state index contributed by atoms with van der Waals surface area (Å²) < 4.78 is 35.0. The maximum absolute atomic E-state index is 13.0. The standard InChI is InChI=1S/C24H31NO4S/c1-24(2,27)19-12-23(29-14-19)30(25,28)15-20(26)13-22-18(11-16-5-3-6-16)10-9-17-7-4-8-21(17)22/h9-10,12,14,16,25,27H,3-8,11,13,15H2,1-2H3/t30-/m1/s1/i9D. The molecule has 6 heteroatoms. The van der Waals surface area contributed by atoms with Crippen molar-refractivity contribution in [2.45, 2.75) is 75.9 Å². The van der Waals surface area contributed by atoms with E-state index in [0.717, 1.165) is 47.9 Å². The van der Waals surface area contributed by atoms with E-state index in [-0.39, 0.29) is 17.3 Å². The van der Waals surface area contributed by atoms with Crippen molar-refractivity contribution < 1.29 is 19.9 Å². The SMILES string of the molecule is [2H]c1cc(CC2CCC2)c(CC(=O)C[S@@](=N)(=O)c2cc(C(C)(C)O)co2)c2c1CCC2. The van der Waals surface area contributed by atoms with E-state index in [2.05, 4.69) is 0 Å². The number of hydrogen-bond donors (Lipinski definition) is 2. The van der Waals surface area contributed by atoms with Gasteiger partial charge in [-0.2, -0.15) is 0 Å². The van der Waals surface area contributed by atoms with Crippen molar-refractivity contribution in [3.05, 3.63) is 52.3 Å². The third kappa shape index (κ3) is 4.40. The maximum Gasteiger partial charge on any atom is 0.199 e. The number of Topliss-reactive ketones (excluding diaryl/α,β-unsaturated/α-hetero) is 1. The zero-order chi connectivity index (χ0) is 22.4. The van der Waals surface area contributed by atoms with Crippen molar-refractivity contribution in [2.75, 3.05) is 5.75 Å². The molecule has 2 N–H and O–H groups in total. The first-order chi connectivity index (χ1) is 14.5. The van der Waals surface area contributed by atoms with Crippen molar-refractivity contribution in [2.24, 2.45) is 5.92 Å². The molecule has 0 unspecified atom stereocenters. The van der Waals surface area contributed by atoms with E-state index in [4.69, 9.17) is 10.6 Å². The number of ketones is 1. The summed E-state index contributed by atoms with van der Waals surface area (Å²) in [6, 6.07) is 3.93. The number of aliphatic hydroxyl groups is 1. The first-order valence-corrected chi connectivity index (χ1v) is 12.5. The van der Waals surface area contributed by atoms with Crippen LogP contribution in [0.1, 0.15) is 68.7 Å². The average molecular weight is 431 g/mol. The Kier molecular flexibility index (Phi) is 5.31. The van der Waals surface area contributed by atoms with E-state index in [0.29, 0.717) is 17.5 Å². The molecule has 1 atom stereocenters. The summed E-state index contributed by atoms with van der Waals surface area (Å²) in [6.07, 6.45) is 8.73. The van der Waals surface area contributed by atoms with Crippen LogP contribution in [0.4, 0.5) is 0 Å². The second kappa shape index (κ2) is 7.97. The molecule has 2 aliphatic rings. The Morgan fingerprint density at radius 2 is 2.13 bits per heavy atom. The monoisotopic (exact) mass is 430 g/mol. The molecule has 30 heavy (non-hydrogen) atoms. The molecule has 0 saturated heterocycles. The Morgan fingerprint density at radius 3 is 2.77 bits per heavy atom. The van der Waals surface area contributed by atoms with Crippen LogP contribution in [0.5, 0.6) is 0 Å². The van der Waals surface area contributed by atoms with Gasteiger partial charge in [0.1, 0.15) is 9.73 Å². The van der Waals surface area contributed by atoms with Gasteiger partial charge in [-0.05, 0) is 67.7 Å². The van der Waals surface area contributed by atoms with Gasteiger partial charge in [-0.25, -0.2) is 8.99 Å². The van der Waals surface area contributed by atoms with E-state index in [1.54, 1.807) is 13.8 Å². The molecule has 1 aromatic heterocycles. The minimum absolute atomic E-state index is 0.0700. The van der Waals surface area contributed by atoms with Gasteiger partial charge in [0.15, 0.2) is 10.9 Å². The van der Waals surface area contributed by atoms with Crippen LogP contribution in [0.2, 0.25) is 0 Å². The summed E-state index contributed by atoms with van der Waals surface area (Å²) in [7, 11) is -3.44. The van der Waals surface area contributed by atoms with Crippen molar-refractivity contribution in [3.8, 4) is 0 Å². The van der Waals surface area contributed by atoms with Gasteiger partial charge in [-0.15, -0.1) is 0 Å². The van der Waals surface area contributed by atoms with Gasteiger partial charge in [0, 0.05) is 18.1 Å². The average Bonchev–Trinajstić information content (AvgIpc) is 3.30. The predicted octanol–water partition coefficient (Wildman–Crippen LogP) is 4.56. The van der Waals surface area contributed by atoms with E-state index >= 15 is 0 Å². The third-order valence-corrected chi connectivity index (χ3v) is 8.06. The lowest BCUT2D eigenvalue weighted by Gasteiger charge is -2.27. The van der Waals surface area contributed by atoms with Gasteiger partial charge in [0.2, 0.25) is 0 Å². The molecule has 0 radical (unpaired) electrons. The largest absolute Gasteiger partial charge is 0.454 e. The molecule has 0 amide bonds. The Morgan fingerprint density at radius 1 is 1.37 bits per heavy atom. The number of hydrogen-bond acceptors (Lipinski definition) is 5. The first kappa shape index (κ1) is 20.0. The van der Waals surface area contributed by atoms with Crippen molar-refractivity contribution >= 4 is 15.5 Å². The maximum atomic E-state index is 13.0. The third-order valence-electron chi connectivity index (χ3n) is 6.47. The summed E-state index contributed by atoms with van der Waals surface area (Å²) in [6.45, 7) is 3.16. The van der Waals surface area contributed by atoms with Crippen molar-refractivity contribution in [1.82, 2.24) is 0 Å². The highest BCUT2D eigenvalue weighted by Crippen LogP contribution is 2.35. The fourth-order valence-electron chi connectivity index (χ4n) is 4.46. The van der Waals surface area contributed by atoms with Crippen LogP contribution < -0.4 is 0 Å². The fourth-order valence-corrected chi connectivity index (χ4v) is 5.68. The quantitative estimate of drug-likeness (QED) is 0.642. The van der Waals surface area contributed by atoms with Crippen LogP contribution in [0.25, 0.3) is 0 Å². The van der Waals surface area contributed by atoms with Crippen molar-refractivity contribution in [3.63, 3.8) is 0 Å². The molecule has 1 aromatic carbocycles. The van der Waals surface area contributed by atoms with Crippen LogP contribution in [-0.4, -0.2) is 20.9 Å². The smallest absolute Gasteiger partial charge is 0.199 e. The highest BCUT2D eigenvalue weighted by molar-refractivity contribution is 7.93. The lowest BCUT2D eigenvalue weighted by Crippen LogP contribution is -2.20. The normalized spacial score (nSPS) is 19.1. The van der Waals surface area contributed by atoms with E-state index < -0.39 is 21.1 Å². The highest BCUT2D eigenvalue weighted by Gasteiger charge is 2.27. The van der Waals surface area contributed by atoms with Gasteiger partial charge >= 0.3 is 0 Å². The lowest BCUT2D eigenvalue weighted by atomic mass is 9.79. The molecule has 1 saturated carbocycles. The minimum Gasteiger partial charge on any atom is -0.454 e. The minimum atomic E-state index is -3.44. The summed E-state index contributed by atoms with van der Waals surface area (Å²) in [5.41, 5.74) is 3.54. The highest BCUT2D eigenvalue weighted by atomic mass is 32.2. The second-order valence-corrected chi connectivity index (χ2v) is 11.4. The summed E-state index contributed by atoms with van der Waals surface area (Å²) in [5.74, 6) is -0.0362. The van der Waals surface area contributed by atoms with Crippen LogP contribution in [0.3, 0.4) is 0 Å². The number of carbonyl (C=O) groups excluding carboxylic acids is 1. The zero-order valence-corrected chi connectivity index (χ0v) is 18.6. The number of rotatable bonds is 8. The Labute approximate surface area is 180 Å². The van der Waals surface area contributed by atoms with Crippen LogP contribution in [0.15, 0.2) is 33.9 Å². The van der Waals surface area contributed by atoms with E-state index in [9.17, 15) is 14.1 Å². The van der Waals surface area contributed by atoms with Gasteiger partial charge < -0.3 is 9.52 Å². The number of nitrogens with one attached hydrogen (secondary N) is 1. The molecule has 0 aliphatic heterocycles. The molecule has 1 heterocycles. The van der Waals surface area contributed by atoms with Gasteiger partial charge in [0.25, 0.3) is 0 Å². The Hall–Kier alpha value is -1.92. The van der Waals surface area contributed by atoms with Crippen LogP contribution >= 0.6 is 0 Å². The second-order valence-electron chi connectivity index (χ2n) is 9.35. The van der Waals surface area contributed by atoms with Crippen LogP contribution in [0, 0.1) is 10.7 Å². The number of furan rings is 1. The lowest BCUT2D eigenvalue weighted by molar-refractivity contribution is -0.116. The van der Waals surface area contributed by atoms with Gasteiger partial charge in [-0.3, -0.25) is 4.79 Å². The molecule has 2 aromatic rings.